The summed E-state index contributed by atoms with van der Waals surface area (Å²) in [4.78, 5) is 0. The lowest BCUT2D eigenvalue weighted by Gasteiger charge is -1.93. The van der Waals surface area contributed by atoms with E-state index in [0.29, 0.717) is 0 Å². The summed E-state index contributed by atoms with van der Waals surface area (Å²) in [6, 6.07) is 8.56. The number of benzene rings is 1. The first-order valence-corrected chi connectivity index (χ1v) is 4.11. The van der Waals surface area contributed by atoms with E-state index in [1.807, 2.05) is 0 Å². The number of fused-ring (bicyclic) bond motifs is 1. The van der Waals surface area contributed by atoms with Crippen LogP contribution in [0, 0.1) is 0 Å². The van der Waals surface area contributed by atoms with Crippen molar-refractivity contribution in [2.24, 2.45) is 0 Å². The molecule has 1 aromatic rings. The molecule has 0 heteroatoms. The zero-order valence-corrected chi connectivity index (χ0v) is 7.51. The van der Waals surface area contributed by atoms with Gasteiger partial charge in [0.1, 0.15) is 0 Å². The van der Waals surface area contributed by atoms with Crippen LogP contribution in [0.15, 0.2) is 43.0 Å². The average Bonchev–Trinajstić information content (AvgIpc) is 2.48. The average molecular weight is 158 g/mol. The molecule has 0 saturated heterocycles. The van der Waals surface area contributed by atoms with Crippen LogP contribution in [0.25, 0.3) is 6.08 Å². The maximum absolute atomic E-state index is 3.00. The molecule has 0 unspecified atom stereocenters. The fourth-order valence-electron chi connectivity index (χ4n) is 1.45. The Balaban J connectivity index is 0.000000336. The number of hydrogen-bond donors (Lipinski definition) is 0. The molecule has 0 bridgehead atoms. The van der Waals surface area contributed by atoms with Gasteiger partial charge >= 0.3 is 0 Å². The third kappa shape index (κ3) is 1.65. The number of allylic oxidation sites excluding steroid dienone is 1. The largest absolute Gasteiger partial charge is 0.106 e. The van der Waals surface area contributed by atoms with Crippen LogP contribution in [0.2, 0.25) is 0 Å². The normalized spacial score (nSPS) is 12.6. The van der Waals surface area contributed by atoms with E-state index in [1.165, 1.54) is 16.7 Å². The van der Waals surface area contributed by atoms with E-state index >= 15 is 0 Å². The fourth-order valence-corrected chi connectivity index (χ4v) is 1.45. The van der Waals surface area contributed by atoms with Gasteiger partial charge in [0.15, 0.2) is 0 Å². The fraction of sp³-hybridized carbons (Fsp3) is 0.167. The van der Waals surface area contributed by atoms with E-state index in [2.05, 4.69) is 50.4 Å². The molecule has 0 saturated carbocycles. The van der Waals surface area contributed by atoms with Gasteiger partial charge in [0.25, 0.3) is 0 Å². The van der Waals surface area contributed by atoms with Gasteiger partial charge in [-0.2, -0.15) is 0 Å². The molecule has 0 nitrogen and oxygen atoms in total. The van der Waals surface area contributed by atoms with Gasteiger partial charge in [-0.05, 0) is 24.5 Å². The van der Waals surface area contributed by atoms with Gasteiger partial charge in [0, 0.05) is 0 Å². The molecule has 1 aliphatic carbocycles. The van der Waals surface area contributed by atoms with Crippen LogP contribution in [-0.2, 0) is 6.42 Å². The van der Waals surface area contributed by atoms with Crippen molar-refractivity contribution in [1.82, 2.24) is 0 Å². The Hall–Kier alpha value is -1.30. The maximum Gasteiger partial charge on any atom is -0.00606 e. The molecule has 0 aromatic heterocycles. The molecular weight excluding hydrogens is 144 g/mol. The van der Waals surface area contributed by atoms with Crippen LogP contribution in [0.3, 0.4) is 0 Å². The van der Waals surface area contributed by atoms with Crippen LogP contribution < -0.4 is 0 Å². The monoisotopic (exact) mass is 158 g/mol. The Labute approximate surface area is 74.2 Å². The van der Waals surface area contributed by atoms with Crippen LogP contribution in [0.5, 0.6) is 0 Å². The smallest absolute Gasteiger partial charge is 0.00606 e. The molecule has 0 N–H and O–H groups in total. The summed E-state index contributed by atoms with van der Waals surface area (Å²) in [7, 11) is 0. The summed E-state index contributed by atoms with van der Waals surface area (Å²) in [5, 5.41) is 0. The van der Waals surface area contributed by atoms with Gasteiger partial charge < -0.3 is 0 Å². The first-order valence-electron chi connectivity index (χ1n) is 4.11. The predicted octanol–water partition coefficient (Wildman–Crippen LogP) is 3.45. The Kier molecular flexibility index (Phi) is 2.87. The highest BCUT2D eigenvalue weighted by atomic mass is 14.1. The molecule has 0 amide bonds. The SMILES string of the molecule is C=C.CC1=Cc2ccccc2C1. The lowest BCUT2D eigenvalue weighted by atomic mass is 10.1. The molecule has 12 heavy (non-hydrogen) atoms. The molecule has 0 spiro atoms. The standard InChI is InChI=1S/C10H10.C2H4/c1-8-6-9-4-2-3-5-10(9)7-8;1-2/h2-6H,7H2,1H3;1-2H2. The minimum absolute atomic E-state index is 1.15. The van der Waals surface area contributed by atoms with E-state index in [1.54, 1.807) is 0 Å². The molecule has 0 aliphatic heterocycles. The second kappa shape index (κ2) is 3.91. The van der Waals surface area contributed by atoms with Crippen molar-refractivity contribution in [2.45, 2.75) is 13.3 Å². The maximum atomic E-state index is 3.00. The Bertz CT molecular complexity index is 295. The van der Waals surface area contributed by atoms with Crippen molar-refractivity contribution in [3.8, 4) is 0 Å². The summed E-state index contributed by atoms with van der Waals surface area (Å²) < 4.78 is 0. The molecule has 0 radical (unpaired) electrons. The highest BCUT2D eigenvalue weighted by molar-refractivity contribution is 5.62. The van der Waals surface area contributed by atoms with Gasteiger partial charge in [-0.3, -0.25) is 0 Å². The summed E-state index contributed by atoms with van der Waals surface area (Å²) in [5.41, 5.74) is 4.35. The number of hydrogen-bond acceptors (Lipinski definition) is 0. The van der Waals surface area contributed by atoms with Gasteiger partial charge in [-0.1, -0.05) is 35.9 Å². The van der Waals surface area contributed by atoms with Gasteiger partial charge in [0.2, 0.25) is 0 Å². The molecule has 0 atom stereocenters. The lowest BCUT2D eigenvalue weighted by Crippen LogP contribution is -1.79. The number of rotatable bonds is 0. The lowest BCUT2D eigenvalue weighted by molar-refractivity contribution is 1.20. The first kappa shape index (κ1) is 8.79. The molecule has 0 heterocycles. The predicted molar refractivity (Wildman–Crippen MR) is 55.1 cm³/mol. The van der Waals surface area contributed by atoms with E-state index < -0.39 is 0 Å². The van der Waals surface area contributed by atoms with Crippen molar-refractivity contribution in [3.63, 3.8) is 0 Å². The van der Waals surface area contributed by atoms with Crippen molar-refractivity contribution in [1.29, 1.82) is 0 Å². The first-order chi connectivity index (χ1) is 5.86. The molecule has 2 rings (SSSR count). The minimum Gasteiger partial charge on any atom is -0.106 e. The van der Waals surface area contributed by atoms with E-state index in [-0.39, 0.29) is 0 Å². The highest BCUT2D eigenvalue weighted by Gasteiger charge is 2.06. The Morgan fingerprint density at radius 2 is 1.83 bits per heavy atom. The molecular formula is C12H14. The van der Waals surface area contributed by atoms with E-state index in [9.17, 15) is 0 Å². The quantitative estimate of drug-likeness (QED) is 0.507. The van der Waals surface area contributed by atoms with Gasteiger partial charge in [-0.25, -0.2) is 0 Å². The second-order valence-electron chi connectivity index (χ2n) is 2.87. The van der Waals surface area contributed by atoms with Crippen LogP contribution in [0.4, 0.5) is 0 Å². The van der Waals surface area contributed by atoms with Gasteiger partial charge in [-0.15, -0.1) is 13.2 Å². The summed E-state index contributed by atoms with van der Waals surface area (Å²) >= 11 is 0. The van der Waals surface area contributed by atoms with E-state index in [0.717, 1.165) is 6.42 Å². The topological polar surface area (TPSA) is 0 Å². The molecule has 0 fully saturated rings. The third-order valence-electron chi connectivity index (χ3n) is 1.93. The third-order valence-corrected chi connectivity index (χ3v) is 1.93. The Morgan fingerprint density at radius 3 is 2.50 bits per heavy atom. The zero-order chi connectivity index (χ0) is 8.97. The summed E-state index contributed by atoms with van der Waals surface area (Å²) in [6.07, 6.45) is 3.41. The van der Waals surface area contributed by atoms with E-state index in [4.69, 9.17) is 0 Å². The zero-order valence-electron chi connectivity index (χ0n) is 7.51. The van der Waals surface area contributed by atoms with Crippen LogP contribution in [0.1, 0.15) is 18.1 Å². The second-order valence-corrected chi connectivity index (χ2v) is 2.87. The Morgan fingerprint density at radius 1 is 1.17 bits per heavy atom. The van der Waals surface area contributed by atoms with Crippen molar-refractivity contribution in [2.75, 3.05) is 0 Å². The van der Waals surface area contributed by atoms with Crippen LogP contribution in [-0.4, -0.2) is 0 Å². The summed E-state index contributed by atoms with van der Waals surface area (Å²) in [5.74, 6) is 0. The van der Waals surface area contributed by atoms with Crippen molar-refractivity contribution < 1.29 is 0 Å². The molecule has 1 aliphatic rings. The minimum atomic E-state index is 1.15. The summed E-state index contributed by atoms with van der Waals surface area (Å²) in [6.45, 7) is 8.18. The van der Waals surface area contributed by atoms with Gasteiger partial charge in [0.05, 0.1) is 0 Å². The van der Waals surface area contributed by atoms with Crippen LogP contribution >= 0.6 is 0 Å². The molecule has 1 aromatic carbocycles. The molecule has 62 valence electrons. The highest BCUT2D eigenvalue weighted by Crippen LogP contribution is 2.23. The van der Waals surface area contributed by atoms with Crippen molar-refractivity contribution in [3.05, 3.63) is 54.1 Å². The van der Waals surface area contributed by atoms with Crippen molar-refractivity contribution >= 4 is 6.08 Å².